The summed E-state index contributed by atoms with van der Waals surface area (Å²) in [6.45, 7) is 6.12. The molecule has 2 rings (SSSR count). The Hall–Kier alpha value is -2.47. The minimum atomic E-state index is -0.148. The van der Waals surface area contributed by atoms with Gasteiger partial charge in [0.05, 0.1) is 24.1 Å². The summed E-state index contributed by atoms with van der Waals surface area (Å²) in [4.78, 5) is 27.2. The first-order valence-electron chi connectivity index (χ1n) is 10.6. The van der Waals surface area contributed by atoms with Gasteiger partial charge in [0.15, 0.2) is 0 Å². The van der Waals surface area contributed by atoms with Crippen LogP contribution in [0.25, 0.3) is 0 Å². The average Bonchev–Trinajstić information content (AvgIpc) is 3.26. The molecule has 6 nitrogen and oxygen atoms in total. The van der Waals surface area contributed by atoms with E-state index in [2.05, 4.69) is 22.5 Å². The third kappa shape index (κ3) is 7.41. The zero-order valence-corrected chi connectivity index (χ0v) is 18.6. The third-order valence-electron chi connectivity index (χ3n) is 4.65. The molecule has 0 bridgehead atoms. The van der Waals surface area contributed by atoms with Crippen LogP contribution >= 0.6 is 11.6 Å². The molecular formula is C23H32ClN3O3. The van der Waals surface area contributed by atoms with E-state index >= 15 is 0 Å². The van der Waals surface area contributed by atoms with Crippen LogP contribution in [0, 0.1) is 0 Å². The van der Waals surface area contributed by atoms with Gasteiger partial charge in [-0.2, -0.15) is 0 Å². The van der Waals surface area contributed by atoms with E-state index in [9.17, 15) is 9.59 Å². The van der Waals surface area contributed by atoms with Crippen LogP contribution in [0.4, 0.5) is 11.4 Å². The highest BCUT2D eigenvalue weighted by atomic mass is 35.5. The molecule has 0 spiro atoms. The Bertz CT molecular complexity index is 793. The van der Waals surface area contributed by atoms with Crippen molar-refractivity contribution >= 4 is 34.8 Å². The van der Waals surface area contributed by atoms with E-state index in [0.717, 1.165) is 37.3 Å². The number of carbonyl (C=O) groups is 2. The molecule has 0 atom stereocenters. The minimum absolute atomic E-state index is 0.109. The van der Waals surface area contributed by atoms with Crippen LogP contribution < -0.4 is 15.5 Å². The summed E-state index contributed by atoms with van der Waals surface area (Å²) < 4.78 is 5.53. The largest absolute Gasteiger partial charge is 0.467 e. The van der Waals surface area contributed by atoms with Crippen molar-refractivity contribution in [3.63, 3.8) is 0 Å². The lowest BCUT2D eigenvalue weighted by Crippen LogP contribution is -2.30. The molecule has 0 aliphatic carbocycles. The molecule has 7 heteroatoms. The number of carbonyl (C=O) groups excluding carboxylic acids is 2. The number of alkyl halides is 1. The molecule has 0 aliphatic rings. The molecule has 0 aliphatic heterocycles. The molecular weight excluding hydrogens is 402 g/mol. The SMILES string of the molecule is CCCCN(Cc1ccco1)c1ccc(NC(=O)CCCCl)cc1C(=O)NCCC. The van der Waals surface area contributed by atoms with Crippen LogP contribution in [0.3, 0.4) is 0 Å². The second-order valence-electron chi connectivity index (χ2n) is 7.18. The van der Waals surface area contributed by atoms with Gasteiger partial charge in [0, 0.05) is 31.1 Å². The van der Waals surface area contributed by atoms with E-state index in [4.69, 9.17) is 16.0 Å². The molecule has 1 aromatic heterocycles. The zero-order valence-electron chi connectivity index (χ0n) is 17.9. The summed E-state index contributed by atoms with van der Waals surface area (Å²) in [5.74, 6) is 1.02. The summed E-state index contributed by atoms with van der Waals surface area (Å²) in [5.41, 5.74) is 1.97. The Balaban J connectivity index is 2.33. The van der Waals surface area contributed by atoms with Gasteiger partial charge in [0.1, 0.15) is 5.76 Å². The van der Waals surface area contributed by atoms with Crippen LogP contribution in [0.2, 0.25) is 0 Å². The number of nitrogens with zero attached hydrogens (tertiary/aromatic N) is 1. The number of halogens is 1. The number of amides is 2. The normalized spacial score (nSPS) is 10.6. The summed E-state index contributed by atoms with van der Waals surface area (Å²) in [6.07, 6.45) is 5.50. The molecule has 0 saturated carbocycles. The smallest absolute Gasteiger partial charge is 0.253 e. The lowest BCUT2D eigenvalue weighted by molar-refractivity contribution is -0.116. The highest BCUT2D eigenvalue weighted by Crippen LogP contribution is 2.27. The molecule has 2 amide bonds. The molecule has 2 aromatic rings. The first-order chi connectivity index (χ1) is 14.6. The number of nitrogens with one attached hydrogen (secondary N) is 2. The van der Waals surface area contributed by atoms with Crippen molar-refractivity contribution in [2.75, 3.05) is 29.2 Å². The number of hydrogen-bond acceptors (Lipinski definition) is 4. The van der Waals surface area contributed by atoms with Gasteiger partial charge in [-0.25, -0.2) is 0 Å². The molecule has 1 aromatic carbocycles. The maximum atomic E-state index is 12.9. The lowest BCUT2D eigenvalue weighted by Gasteiger charge is -2.26. The van der Waals surface area contributed by atoms with Crippen LogP contribution in [0.1, 0.15) is 62.1 Å². The molecule has 164 valence electrons. The maximum Gasteiger partial charge on any atom is 0.253 e. The van der Waals surface area contributed by atoms with Crippen molar-refractivity contribution in [2.45, 2.75) is 52.5 Å². The van der Waals surface area contributed by atoms with Crippen molar-refractivity contribution in [3.8, 4) is 0 Å². The number of unbranched alkanes of at least 4 members (excludes halogenated alkanes) is 1. The number of benzene rings is 1. The monoisotopic (exact) mass is 433 g/mol. The Kier molecular flexibility index (Phi) is 10.3. The Morgan fingerprint density at radius 2 is 1.97 bits per heavy atom. The van der Waals surface area contributed by atoms with Gasteiger partial charge < -0.3 is 20.0 Å². The van der Waals surface area contributed by atoms with Crippen molar-refractivity contribution < 1.29 is 14.0 Å². The Morgan fingerprint density at radius 3 is 2.63 bits per heavy atom. The van der Waals surface area contributed by atoms with Gasteiger partial charge in [-0.3, -0.25) is 9.59 Å². The maximum absolute atomic E-state index is 12.9. The molecule has 0 saturated heterocycles. The van der Waals surface area contributed by atoms with Gasteiger partial charge in [-0.05, 0) is 49.6 Å². The number of rotatable bonds is 13. The van der Waals surface area contributed by atoms with Gasteiger partial charge in [-0.1, -0.05) is 20.3 Å². The molecule has 0 unspecified atom stereocenters. The van der Waals surface area contributed by atoms with Gasteiger partial charge in [-0.15, -0.1) is 11.6 Å². The minimum Gasteiger partial charge on any atom is -0.467 e. The van der Waals surface area contributed by atoms with Crippen molar-refractivity contribution in [1.29, 1.82) is 0 Å². The molecule has 2 N–H and O–H groups in total. The van der Waals surface area contributed by atoms with Crippen LogP contribution in [0.15, 0.2) is 41.0 Å². The Labute approximate surface area is 184 Å². The molecule has 0 radical (unpaired) electrons. The number of hydrogen-bond donors (Lipinski definition) is 2. The van der Waals surface area contributed by atoms with Crippen molar-refractivity contribution in [3.05, 3.63) is 47.9 Å². The van der Waals surface area contributed by atoms with E-state index in [1.165, 1.54) is 0 Å². The lowest BCUT2D eigenvalue weighted by atomic mass is 10.1. The quantitative estimate of drug-likeness (QED) is 0.426. The molecule has 0 fully saturated rings. The predicted molar refractivity (Wildman–Crippen MR) is 122 cm³/mol. The highest BCUT2D eigenvalue weighted by molar-refractivity contribution is 6.18. The molecule has 1 heterocycles. The van der Waals surface area contributed by atoms with E-state index < -0.39 is 0 Å². The second kappa shape index (κ2) is 13.0. The van der Waals surface area contributed by atoms with Gasteiger partial charge in [0.25, 0.3) is 5.91 Å². The predicted octanol–water partition coefficient (Wildman–Crippen LogP) is 5.18. The fraction of sp³-hybridized carbons (Fsp3) is 0.478. The van der Waals surface area contributed by atoms with Crippen LogP contribution in [-0.2, 0) is 11.3 Å². The topological polar surface area (TPSA) is 74.6 Å². The summed E-state index contributed by atoms with van der Waals surface area (Å²) >= 11 is 5.67. The molecule has 30 heavy (non-hydrogen) atoms. The zero-order chi connectivity index (χ0) is 21.8. The summed E-state index contributed by atoms with van der Waals surface area (Å²) in [6, 6.07) is 9.28. The van der Waals surface area contributed by atoms with Crippen LogP contribution in [-0.4, -0.2) is 30.8 Å². The number of furan rings is 1. The highest BCUT2D eigenvalue weighted by Gasteiger charge is 2.19. The number of anilines is 2. The first kappa shape index (κ1) is 23.8. The van der Waals surface area contributed by atoms with E-state index in [-0.39, 0.29) is 11.8 Å². The third-order valence-corrected chi connectivity index (χ3v) is 4.91. The van der Waals surface area contributed by atoms with E-state index in [0.29, 0.717) is 43.1 Å². The van der Waals surface area contributed by atoms with Crippen LogP contribution in [0.5, 0.6) is 0 Å². The first-order valence-corrected chi connectivity index (χ1v) is 11.2. The van der Waals surface area contributed by atoms with Gasteiger partial charge in [0.2, 0.25) is 5.91 Å². The van der Waals surface area contributed by atoms with E-state index in [1.54, 1.807) is 12.3 Å². The second-order valence-corrected chi connectivity index (χ2v) is 7.56. The fourth-order valence-electron chi connectivity index (χ4n) is 3.08. The standard InChI is InChI=1S/C23H32ClN3O3/c1-3-5-14-27(17-19-8-7-15-30-19)21-11-10-18(26-22(28)9-6-12-24)16-20(21)23(29)25-13-4-2/h7-8,10-11,15-16H,3-6,9,12-14,17H2,1-2H3,(H,25,29)(H,26,28). The van der Waals surface area contributed by atoms with Crippen molar-refractivity contribution in [2.24, 2.45) is 0 Å². The fourth-order valence-corrected chi connectivity index (χ4v) is 3.21. The van der Waals surface area contributed by atoms with E-state index in [1.807, 2.05) is 31.2 Å². The van der Waals surface area contributed by atoms with Gasteiger partial charge >= 0.3 is 0 Å². The summed E-state index contributed by atoms with van der Waals surface area (Å²) in [5, 5.41) is 5.82. The average molecular weight is 434 g/mol. The Morgan fingerprint density at radius 1 is 1.13 bits per heavy atom. The summed E-state index contributed by atoms with van der Waals surface area (Å²) in [7, 11) is 0. The van der Waals surface area contributed by atoms with Crippen molar-refractivity contribution in [1.82, 2.24) is 5.32 Å².